The maximum atomic E-state index is 13.5. The summed E-state index contributed by atoms with van der Waals surface area (Å²) in [7, 11) is -2.48. The number of hydrogen-bond acceptors (Lipinski definition) is 6. The standard InChI is InChI=1S/C20H20N2O5S2/c1-15-9-10-17(22(23)24)12-20(15)29(25,26)21(14-18-7-5-11-28-18)13-16-6-3-4-8-19(16)27-2/h3-12H,13-14H2,1-2H3. The fourth-order valence-corrected chi connectivity index (χ4v) is 5.39. The predicted molar refractivity (Wildman–Crippen MR) is 112 cm³/mol. The van der Waals surface area contributed by atoms with Gasteiger partial charge in [0.15, 0.2) is 0 Å². The number of nitro groups is 1. The smallest absolute Gasteiger partial charge is 0.270 e. The van der Waals surface area contributed by atoms with Crippen LogP contribution in [0.3, 0.4) is 0 Å². The maximum absolute atomic E-state index is 13.5. The maximum Gasteiger partial charge on any atom is 0.270 e. The average Bonchev–Trinajstić information content (AvgIpc) is 3.21. The fourth-order valence-electron chi connectivity index (χ4n) is 2.95. The van der Waals surface area contributed by atoms with Gasteiger partial charge in [0.2, 0.25) is 10.0 Å². The van der Waals surface area contributed by atoms with Gasteiger partial charge in [0, 0.05) is 35.7 Å². The molecule has 0 fully saturated rings. The first-order valence-electron chi connectivity index (χ1n) is 8.72. The lowest BCUT2D eigenvalue weighted by atomic mass is 10.2. The van der Waals surface area contributed by atoms with Gasteiger partial charge in [0.05, 0.1) is 16.9 Å². The van der Waals surface area contributed by atoms with Gasteiger partial charge in [0.1, 0.15) is 5.75 Å². The molecule has 29 heavy (non-hydrogen) atoms. The number of sulfonamides is 1. The third-order valence-corrected chi connectivity index (χ3v) is 7.25. The summed E-state index contributed by atoms with van der Waals surface area (Å²) in [5.74, 6) is 0.578. The summed E-state index contributed by atoms with van der Waals surface area (Å²) in [5.41, 5.74) is 0.896. The first-order valence-corrected chi connectivity index (χ1v) is 11.0. The molecule has 0 radical (unpaired) electrons. The number of rotatable bonds is 8. The van der Waals surface area contributed by atoms with E-state index < -0.39 is 14.9 Å². The van der Waals surface area contributed by atoms with E-state index in [4.69, 9.17) is 4.74 Å². The Morgan fingerprint density at radius 3 is 2.52 bits per heavy atom. The van der Waals surface area contributed by atoms with Crippen LogP contribution in [0, 0.1) is 17.0 Å². The highest BCUT2D eigenvalue weighted by Crippen LogP contribution is 2.29. The van der Waals surface area contributed by atoms with Crippen LogP contribution in [0.4, 0.5) is 5.69 Å². The van der Waals surface area contributed by atoms with E-state index in [0.29, 0.717) is 16.9 Å². The number of non-ortho nitro benzene ring substituents is 1. The number of nitrogens with zero attached hydrogens (tertiary/aromatic N) is 2. The van der Waals surface area contributed by atoms with Crippen molar-refractivity contribution in [2.45, 2.75) is 24.9 Å². The molecule has 0 aliphatic carbocycles. The van der Waals surface area contributed by atoms with Gasteiger partial charge in [0.25, 0.3) is 5.69 Å². The molecule has 9 heteroatoms. The SMILES string of the molecule is COc1ccccc1CN(Cc1cccs1)S(=O)(=O)c1cc([N+](=O)[O-])ccc1C. The topological polar surface area (TPSA) is 89.8 Å². The Morgan fingerprint density at radius 2 is 1.86 bits per heavy atom. The lowest BCUT2D eigenvalue weighted by molar-refractivity contribution is -0.385. The summed E-state index contributed by atoms with van der Waals surface area (Å²) in [6, 6.07) is 14.8. The van der Waals surface area contributed by atoms with E-state index in [1.54, 1.807) is 19.1 Å². The van der Waals surface area contributed by atoms with E-state index in [2.05, 4.69) is 0 Å². The van der Waals surface area contributed by atoms with Crippen molar-refractivity contribution in [3.05, 3.63) is 86.1 Å². The summed E-state index contributed by atoms with van der Waals surface area (Å²) in [6.07, 6.45) is 0. The molecule has 0 bridgehead atoms. The molecule has 0 atom stereocenters. The highest BCUT2D eigenvalue weighted by Gasteiger charge is 2.29. The van der Waals surface area contributed by atoms with Crippen LogP contribution in [0.5, 0.6) is 5.75 Å². The molecular formula is C20H20N2O5S2. The minimum absolute atomic E-state index is 0.0712. The highest BCUT2D eigenvalue weighted by molar-refractivity contribution is 7.89. The summed E-state index contributed by atoms with van der Waals surface area (Å²) in [4.78, 5) is 11.4. The van der Waals surface area contributed by atoms with E-state index in [-0.39, 0.29) is 23.7 Å². The molecule has 0 amide bonds. The van der Waals surface area contributed by atoms with Gasteiger partial charge in [-0.15, -0.1) is 11.3 Å². The largest absolute Gasteiger partial charge is 0.496 e. The van der Waals surface area contributed by atoms with Gasteiger partial charge in [-0.3, -0.25) is 10.1 Å². The summed E-state index contributed by atoms with van der Waals surface area (Å²) >= 11 is 1.45. The molecule has 0 N–H and O–H groups in total. The lowest BCUT2D eigenvalue weighted by Crippen LogP contribution is -2.30. The number of nitro benzene ring substituents is 1. The Labute approximate surface area is 173 Å². The molecule has 1 aromatic heterocycles. The van der Waals surface area contributed by atoms with Crippen molar-refractivity contribution in [3.63, 3.8) is 0 Å². The molecule has 7 nitrogen and oxygen atoms in total. The zero-order chi connectivity index (χ0) is 21.0. The van der Waals surface area contributed by atoms with Crippen LogP contribution >= 0.6 is 11.3 Å². The third-order valence-electron chi connectivity index (χ3n) is 4.45. The van der Waals surface area contributed by atoms with Crippen molar-refractivity contribution in [1.82, 2.24) is 4.31 Å². The van der Waals surface area contributed by atoms with E-state index in [1.165, 1.54) is 34.9 Å². The van der Waals surface area contributed by atoms with Crippen LogP contribution in [-0.4, -0.2) is 24.8 Å². The average molecular weight is 433 g/mol. The molecule has 0 saturated heterocycles. The van der Waals surface area contributed by atoms with Crippen LogP contribution in [0.2, 0.25) is 0 Å². The molecule has 152 valence electrons. The first kappa shape index (κ1) is 21.0. The van der Waals surface area contributed by atoms with E-state index in [1.807, 2.05) is 29.6 Å². The Hall–Kier alpha value is -2.75. The number of aryl methyl sites for hydroxylation is 1. The Kier molecular flexibility index (Phi) is 6.31. The first-order chi connectivity index (χ1) is 13.8. The number of thiophene rings is 1. The number of hydrogen-bond donors (Lipinski definition) is 0. The second kappa shape index (κ2) is 8.73. The van der Waals surface area contributed by atoms with Gasteiger partial charge in [-0.05, 0) is 30.0 Å². The number of para-hydroxylation sites is 1. The van der Waals surface area contributed by atoms with Crippen LogP contribution < -0.4 is 4.74 Å². The quantitative estimate of drug-likeness (QED) is 0.390. The number of ether oxygens (including phenoxy) is 1. The normalized spacial score (nSPS) is 11.6. The van der Waals surface area contributed by atoms with Gasteiger partial charge < -0.3 is 4.74 Å². The lowest BCUT2D eigenvalue weighted by Gasteiger charge is -2.23. The van der Waals surface area contributed by atoms with E-state index >= 15 is 0 Å². The Bertz CT molecular complexity index is 1110. The minimum atomic E-state index is -4.01. The molecule has 3 rings (SSSR count). The van der Waals surface area contributed by atoms with Gasteiger partial charge in [-0.2, -0.15) is 4.31 Å². The molecule has 0 aliphatic rings. The monoisotopic (exact) mass is 432 g/mol. The van der Waals surface area contributed by atoms with Crippen LogP contribution in [0.25, 0.3) is 0 Å². The summed E-state index contributed by atoms with van der Waals surface area (Å²) < 4.78 is 33.7. The molecule has 3 aromatic rings. The summed E-state index contributed by atoms with van der Waals surface area (Å²) in [6.45, 7) is 1.86. The van der Waals surface area contributed by atoms with Crippen LogP contribution in [-0.2, 0) is 23.1 Å². The molecular weight excluding hydrogens is 412 g/mol. The van der Waals surface area contributed by atoms with Crippen molar-refractivity contribution < 1.29 is 18.1 Å². The molecule has 0 saturated carbocycles. The third kappa shape index (κ3) is 4.64. The minimum Gasteiger partial charge on any atom is -0.496 e. The molecule has 2 aromatic carbocycles. The molecule has 0 spiro atoms. The van der Waals surface area contributed by atoms with Gasteiger partial charge in [-0.1, -0.05) is 30.3 Å². The van der Waals surface area contributed by atoms with Crippen LogP contribution in [0.15, 0.2) is 64.9 Å². The van der Waals surface area contributed by atoms with Crippen molar-refractivity contribution in [2.24, 2.45) is 0 Å². The number of methoxy groups -OCH3 is 1. The summed E-state index contributed by atoms with van der Waals surface area (Å²) in [5, 5.41) is 13.1. The Morgan fingerprint density at radius 1 is 1.10 bits per heavy atom. The van der Waals surface area contributed by atoms with Crippen LogP contribution in [0.1, 0.15) is 16.0 Å². The van der Waals surface area contributed by atoms with Gasteiger partial charge in [-0.25, -0.2) is 8.42 Å². The van der Waals surface area contributed by atoms with E-state index in [0.717, 1.165) is 10.9 Å². The fraction of sp³-hybridized carbons (Fsp3) is 0.200. The molecule has 0 unspecified atom stereocenters. The van der Waals surface area contributed by atoms with Gasteiger partial charge >= 0.3 is 0 Å². The van der Waals surface area contributed by atoms with Crippen molar-refractivity contribution >= 4 is 27.0 Å². The Balaban J connectivity index is 2.07. The second-order valence-electron chi connectivity index (χ2n) is 6.37. The molecule has 0 aliphatic heterocycles. The molecule has 1 heterocycles. The highest BCUT2D eigenvalue weighted by atomic mass is 32.2. The zero-order valence-corrected chi connectivity index (χ0v) is 17.6. The predicted octanol–water partition coefficient (Wildman–Crippen LogP) is 4.36. The zero-order valence-electron chi connectivity index (χ0n) is 15.9. The van der Waals surface area contributed by atoms with Crippen molar-refractivity contribution in [2.75, 3.05) is 7.11 Å². The second-order valence-corrected chi connectivity index (χ2v) is 9.31. The van der Waals surface area contributed by atoms with Crippen molar-refractivity contribution in [1.29, 1.82) is 0 Å². The van der Waals surface area contributed by atoms with E-state index in [9.17, 15) is 18.5 Å². The van der Waals surface area contributed by atoms with Crippen molar-refractivity contribution in [3.8, 4) is 5.75 Å². The number of benzene rings is 2.